The van der Waals surface area contributed by atoms with Gasteiger partial charge >= 0.3 is 0 Å². The number of aliphatic hydroxyl groups is 1. The van der Waals surface area contributed by atoms with Crippen molar-refractivity contribution >= 4 is 5.91 Å². The van der Waals surface area contributed by atoms with Gasteiger partial charge in [-0.1, -0.05) is 0 Å². The standard InChI is InChI=1S/C10H18N2O4/c1-10(2)15-5-7(16-10)8-6(3-4-13)9(14)12-11-8/h6-8,11,13H,3-5H2,1-2H3,(H,12,14)/t6?,7-,8-/m1/s1. The number of rotatable bonds is 3. The molecule has 1 unspecified atom stereocenters. The second-order valence-electron chi connectivity index (χ2n) is 4.65. The van der Waals surface area contributed by atoms with E-state index in [1.807, 2.05) is 13.8 Å². The molecule has 3 atom stereocenters. The summed E-state index contributed by atoms with van der Waals surface area (Å²) in [6, 6.07) is -0.138. The Bertz CT molecular complexity index is 282. The van der Waals surface area contributed by atoms with Crippen molar-refractivity contribution in [3.63, 3.8) is 0 Å². The number of nitrogens with one attached hydrogen (secondary N) is 2. The van der Waals surface area contributed by atoms with Crippen molar-refractivity contribution < 1.29 is 19.4 Å². The van der Waals surface area contributed by atoms with E-state index in [1.54, 1.807) is 0 Å². The topological polar surface area (TPSA) is 79.8 Å². The molecule has 0 bridgehead atoms. The maximum Gasteiger partial charge on any atom is 0.239 e. The van der Waals surface area contributed by atoms with Crippen molar-refractivity contribution in [1.29, 1.82) is 0 Å². The zero-order valence-electron chi connectivity index (χ0n) is 9.53. The molecule has 92 valence electrons. The van der Waals surface area contributed by atoms with Crippen molar-refractivity contribution in [2.45, 2.75) is 38.2 Å². The van der Waals surface area contributed by atoms with Gasteiger partial charge in [-0.2, -0.15) is 0 Å². The van der Waals surface area contributed by atoms with Crippen LogP contribution >= 0.6 is 0 Å². The van der Waals surface area contributed by atoms with E-state index in [0.717, 1.165) is 0 Å². The molecule has 2 aliphatic rings. The van der Waals surface area contributed by atoms with Crippen LogP contribution < -0.4 is 10.9 Å². The van der Waals surface area contributed by atoms with Gasteiger partial charge < -0.3 is 14.6 Å². The average Bonchev–Trinajstić information content (AvgIpc) is 2.72. The summed E-state index contributed by atoms with van der Waals surface area (Å²) in [6.07, 6.45) is 0.273. The van der Waals surface area contributed by atoms with Crippen molar-refractivity contribution in [3.8, 4) is 0 Å². The molecule has 16 heavy (non-hydrogen) atoms. The summed E-state index contributed by atoms with van der Waals surface area (Å²) in [5.41, 5.74) is 5.48. The second-order valence-corrected chi connectivity index (χ2v) is 4.65. The van der Waals surface area contributed by atoms with Crippen molar-refractivity contribution in [1.82, 2.24) is 10.9 Å². The third-order valence-corrected chi connectivity index (χ3v) is 3.00. The van der Waals surface area contributed by atoms with Crippen LogP contribution in [-0.4, -0.2) is 42.2 Å². The van der Waals surface area contributed by atoms with Gasteiger partial charge in [0, 0.05) is 6.61 Å². The minimum atomic E-state index is -0.595. The first-order valence-electron chi connectivity index (χ1n) is 5.51. The summed E-state index contributed by atoms with van der Waals surface area (Å²) in [5.74, 6) is -0.943. The van der Waals surface area contributed by atoms with Crippen LogP contribution in [0.1, 0.15) is 20.3 Å². The minimum absolute atomic E-state index is 0.00671. The predicted molar refractivity (Wildman–Crippen MR) is 55.2 cm³/mol. The average molecular weight is 230 g/mol. The molecule has 2 fully saturated rings. The number of carbonyl (C=O) groups is 1. The Balaban J connectivity index is 2.01. The molecular weight excluding hydrogens is 212 g/mol. The molecule has 0 radical (unpaired) electrons. The number of amides is 1. The van der Waals surface area contributed by atoms with Gasteiger partial charge in [0.2, 0.25) is 5.91 Å². The highest BCUT2D eigenvalue weighted by Gasteiger charge is 2.45. The fourth-order valence-electron chi connectivity index (χ4n) is 2.21. The number of hydrazine groups is 1. The summed E-state index contributed by atoms with van der Waals surface area (Å²) in [7, 11) is 0. The lowest BCUT2D eigenvalue weighted by Crippen LogP contribution is -2.43. The van der Waals surface area contributed by atoms with Crippen LogP contribution in [0.3, 0.4) is 0 Å². The Morgan fingerprint density at radius 2 is 2.31 bits per heavy atom. The van der Waals surface area contributed by atoms with Crippen molar-refractivity contribution in [2.24, 2.45) is 5.92 Å². The molecule has 0 aliphatic carbocycles. The zero-order chi connectivity index (χ0) is 11.8. The van der Waals surface area contributed by atoms with E-state index in [4.69, 9.17) is 14.6 Å². The Kier molecular flexibility index (Phi) is 3.16. The summed E-state index contributed by atoms with van der Waals surface area (Å²) < 4.78 is 11.2. The van der Waals surface area contributed by atoms with E-state index in [2.05, 4.69) is 10.9 Å². The van der Waals surface area contributed by atoms with Crippen LogP contribution in [0.4, 0.5) is 0 Å². The highest BCUT2D eigenvalue weighted by Crippen LogP contribution is 2.28. The van der Waals surface area contributed by atoms with Gasteiger partial charge in [0.05, 0.1) is 18.6 Å². The van der Waals surface area contributed by atoms with Gasteiger partial charge in [0.15, 0.2) is 5.79 Å². The zero-order valence-corrected chi connectivity index (χ0v) is 9.53. The molecule has 0 spiro atoms. The predicted octanol–water partition coefficient (Wildman–Crippen LogP) is -0.860. The van der Waals surface area contributed by atoms with E-state index in [9.17, 15) is 4.79 Å². The molecular formula is C10H18N2O4. The van der Waals surface area contributed by atoms with Gasteiger partial charge in [-0.05, 0) is 20.3 Å². The molecule has 2 heterocycles. The molecule has 2 saturated heterocycles. The maximum atomic E-state index is 11.5. The third-order valence-electron chi connectivity index (χ3n) is 3.00. The van der Waals surface area contributed by atoms with Gasteiger partial charge in [0.1, 0.15) is 6.10 Å². The van der Waals surface area contributed by atoms with Crippen LogP contribution in [0.15, 0.2) is 0 Å². The molecule has 3 N–H and O–H groups in total. The summed E-state index contributed by atoms with van der Waals surface area (Å²) in [5, 5.41) is 8.93. The van der Waals surface area contributed by atoms with E-state index in [-0.39, 0.29) is 30.6 Å². The fraction of sp³-hybridized carbons (Fsp3) is 0.900. The van der Waals surface area contributed by atoms with Crippen molar-refractivity contribution in [3.05, 3.63) is 0 Å². The first-order chi connectivity index (χ1) is 7.53. The normalized spacial score (nSPS) is 37.7. The van der Waals surface area contributed by atoms with Crippen LogP contribution in [-0.2, 0) is 14.3 Å². The molecule has 6 nitrogen and oxygen atoms in total. The van der Waals surface area contributed by atoms with Crippen LogP contribution in [0, 0.1) is 5.92 Å². The minimum Gasteiger partial charge on any atom is -0.396 e. The molecule has 2 rings (SSSR count). The second kappa shape index (κ2) is 4.29. The van der Waals surface area contributed by atoms with Crippen molar-refractivity contribution in [2.75, 3.05) is 13.2 Å². The quantitative estimate of drug-likeness (QED) is 0.588. The van der Waals surface area contributed by atoms with E-state index < -0.39 is 5.79 Å². The smallest absolute Gasteiger partial charge is 0.239 e. The number of hydrogen-bond donors (Lipinski definition) is 3. The van der Waals surface area contributed by atoms with Gasteiger partial charge in [-0.3, -0.25) is 10.2 Å². The number of aliphatic hydroxyl groups excluding tert-OH is 1. The summed E-state index contributed by atoms with van der Waals surface area (Å²) in [6.45, 7) is 4.14. The molecule has 0 aromatic rings. The molecule has 0 saturated carbocycles. The number of hydrogen-bond acceptors (Lipinski definition) is 5. The molecule has 1 amide bonds. The monoisotopic (exact) mass is 230 g/mol. The molecule has 2 aliphatic heterocycles. The summed E-state index contributed by atoms with van der Waals surface area (Å²) >= 11 is 0. The Labute approximate surface area is 94.3 Å². The Morgan fingerprint density at radius 1 is 1.56 bits per heavy atom. The largest absolute Gasteiger partial charge is 0.396 e. The Hall–Kier alpha value is -0.690. The van der Waals surface area contributed by atoms with Crippen LogP contribution in [0.5, 0.6) is 0 Å². The summed E-state index contributed by atoms with van der Waals surface area (Å²) in [4.78, 5) is 11.5. The van der Waals surface area contributed by atoms with E-state index in [1.165, 1.54) is 0 Å². The SMILES string of the molecule is CC1(C)OC[C@H]([C@@H]2NNC(=O)C2CCO)O1. The molecule has 0 aromatic heterocycles. The number of carbonyl (C=O) groups excluding carboxylic acids is 1. The first kappa shape index (κ1) is 11.8. The highest BCUT2D eigenvalue weighted by atomic mass is 16.7. The number of ether oxygens (including phenoxy) is 2. The lowest BCUT2D eigenvalue weighted by atomic mass is 9.94. The Morgan fingerprint density at radius 3 is 2.88 bits per heavy atom. The van der Waals surface area contributed by atoms with E-state index in [0.29, 0.717) is 13.0 Å². The van der Waals surface area contributed by atoms with Crippen LogP contribution in [0.2, 0.25) is 0 Å². The van der Waals surface area contributed by atoms with Crippen LogP contribution in [0.25, 0.3) is 0 Å². The highest BCUT2D eigenvalue weighted by molar-refractivity contribution is 5.81. The molecule has 6 heteroatoms. The third kappa shape index (κ3) is 2.20. The van der Waals surface area contributed by atoms with Gasteiger partial charge in [0.25, 0.3) is 0 Å². The molecule has 0 aromatic carbocycles. The van der Waals surface area contributed by atoms with Gasteiger partial charge in [-0.25, -0.2) is 5.43 Å². The maximum absolute atomic E-state index is 11.5. The van der Waals surface area contributed by atoms with Gasteiger partial charge in [-0.15, -0.1) is 0 Å². The first-order valence-corrected chi connectivity index (χ1v) is 5.51. The fourth-order valence-corrected chi connectivity index (χ4v) is 2.21. The lowest BCUT2D eigenvalue weighted by molar-refractivity contribution is -0.143. The lowest BCUT2D eigenvalue weighted by Gasteiger charge is -2.23. The van der Waals surface area contributed by atoms with E-state index >= 15 is 0 Å².